The number of aliphatic carboxylic acids is 1. The standard InChI is InChI=1S/C32H28N2O5/c1-21-15-16-29(27(17-21)31(37)34(19-30(35)36)18-22-9-3-2-4-10-22)33-32(38)39-20-28-25-13-7-5-11-23(25)24-12-6-8-14-26(24)28/h2-17,28H,18-20H2,1H3,(H,33,38)(H,35,36). The summed E-state index contributed by atoms with van der Waals surface area (Å²) in [6, 6.07) is 30.4. The summed E-state index contributed by atoms with van der Waals surface area (Å²) in [5, 5.41) is 12.2. The number of nitrogens with zero attached hydrogens (tertiary/aromatic N) is 1. The fourth-order valence-corrected chi connectivity index (χ4v) is 5.03. The maximum Gasteiger partial charge on any atom is 0.411 e. The van der Waals surface area contributed by atoms with Crippen molar-refractivity contribution < 1.29 is 24.2 Å². The molecule has 2 N–H and O–H groups in total. The van der Waals surface area contributed by atoms with Crippen molar-refractivity contribution in [3.63, 3.8) is 0 Å². The summed E-state index contributed by atoms with van der Waals surface area (Å²) in [4.78, 5) is 39.3. The first-order valence-corrected chi connectivity index (χ1v) is 12.7. The molecule has 4 aromatic rings. The molecule has 0 saturated carbocycles. The van der Waals surface area contributed by atoms with Gasteiger partial charge in [-0.05, 0) is 46.9 Å². The highest BCUT2D eigenvalue weighted by molar-refractivity contribution is 6.03. The van der Waals surface area contributed by atoms with Crippen LogP contribution in [0.5, 0.6) is 0 Å². The van der Waals surface area contributed by atoms with Crippen LogP contribution in [-0.2, 0) is 16.1 Å². The van der Waals surface area contributed by atoms with E-state index < -0.39 is 24.5 Å². The molecule has 7 heteroatoms. The summed E-state index contributed by atoms with van der Waals surface area (Å²) >= 11 is 0. The minimum absolute atomic E-state index is 0.0980. The van der Waals surface area contributed by atoms with E-state index in [1.54, 1.807) is 18.2 Å². The Morgan fingerprint density at radius 2 is 1.46 bits per heavy atom. The highest BCUT2D eigenvalue weighted by Crippen LogP contribution is 2.44. The Balaban J connectivity index is 1.33. The lowest BCUT2D eigenvalue weighted by atomic mass is 9.98. The molecule has 0 atom stereocenters. The maximum atomic E-state index is 13.6. The third-order valence-electron chi connectivity index (χ3n) is 6.82. The van der Waals surface area contributed by atoms with Crippen molar-refractivity contribution in [1.29, 1.82) is 0 Å². The number of hydrogen-bond acceptors (Lipinski definition) is 4. The van der Waals surface area contributed by atoms with Gasteiger partial charge in [-0.1, -0.05) is 90.5 Å². The lowest BCUT2D eigenvalue weighted by Crippen LogP contribution is -2.35. The van der Waals surface area contributed by atoms with Crippen molar-refractivity contribution in [2.24, 2.45) is 0 Å². The fourth-order valence-electron chi connectivity index (χ4n) is 5.03. The van der Waals surface area contributed by atoms with E-state index in [0.29, 0.717) is 0 Å². The Bertz CT molecular complexity index is 1490. The first-order valence-electron chi connectivity index (χ1n) is 12.7. The summed E-state index contributed by atoms with van der Waals surface area (Å²) in [5.74, 6) is -1.73. The Hall–Kier alpha value is -4.91. The number of carbonyl (C=O) groups is 3. The number of carbonyl (C=O) groups excluding carboxylic acids is 2. The van der Waals surface area contributed by atoms with Crippen LogP contribution in [0.15, 0.2) is 97.1 Å². The Morgan fingerprint density at radius 3 is 2.10 bits per heavy atom. The molecule has 0 unspecified atom stereocenters. The number of carboxylic acids is 1. The van der Waals surface area contributed by atoms with Crippen LogP contribution in [0.3, 0.4) is 0 Å². The average Bonchev–Trinajstić information content (AvgIpc) is 3.26. The second kappa shape index (κ2) is 11.2. The molecule has 4 aromatic carbocycles. The van der Waals surface area contributed by atoms with Crippen molar-refractivity contribution >= 4 is 23.7 Å². The lowest BCUT2D eigenvalue weighted by molar-refractivity contribution is -0.137. The molecular weight excluding hydrogens is 492 g/mol. The molecule has 0 saturated heterocycles. The molecule has 2 amide bonds. The van der Waals surface area contributed by atoms with Crippen LogP contribution in [0.1, 0.15) is 38.5 Å². The van der Waals surface area contributed by atoms with Gasteiger partial charge in [0.2, 0.25) is 0 Å². The van der Waals surface area contributed by atoms with Crippen LogP contribution >= 0.6 is 0 Å². The zero-order chi connectivity index (χ0) is 27.4. The van der Waals surface area contributed by atoms with Gasteiger partial charge in [0.25, 0.3) is 5.91 Å². The minimum atomic E-state index is -1.13. The van der Waals surface area contributed by atoms with Crippen LogP contribution in [0.2, 0.25) is 0 Å². The Labute approximate surface area is 226 Å². The molecule has 0 radical (unpaired) electrons. The van der Waals surface area contributed by atoms with Crippen LogP contribution in [0, 0.1) is 6.92 Å². The van der Waals surface area contributed by atoms with Gasteiger partial charge >= 0.3 is 12.1 Å². The van der Waals surface area contributed by atoms with E-state index in [1.807, 2.05) is 73.7 Å². The molecular formula is C32H28N2O5. The van der Waals surface area contributed by atoms with E-state index in [1.165, 1.54) is 4.90 Å². The van der Waals surface area contributed by atoms with E-state index in [2.05, 4.69) is 17.4 Å². The molecule has 0 aromatic heterocycles. The highest BCUT2D eigenvalue weighted by Gasteiger charge is 2.29. The number of benzene rings is 4. The van der Waals surface area contributed by atoms with Crippen LogP contribution in [0.4, 0.5) is 10.5 Å². The lowest BCUT2D eigenvalue weighted by Gasteiger charge is -2.23. The van der Waals surface area contributed by atoms with Crippen molar-refractivity contribution in [2.75, 3.05) is 18.5 Å². The number of amides is 2. The van der Waals surface area contributed by atoms with Crippen LogP contribution in [-0.4, -0.2) is 41.1 Å². The quantitative estimate of drug-likeness (QED) is 0.293. The van der Waals surface area contributed by atoms with Gasteiger partial charge in [0, 0.05) is 12.5 Å². The number of fused-ring (bicyclic) bond motifs is 3. The maximum absolute atomic E-state index is 13.6. The molecule has 5 rings (SSSR count). The summed E-state index contributed by atoms with van der Waals surface area (Å²) in [7, 11) is 0. The smallest absolute Gasteiger partial charge is 0.411 e. The first kappa shape index (κ1) is 25.7. The zero-order valence-corrected chi connectivity index (χ0v) is 21.5. The van der Waals surface area contributed by atoms with E-state index in [9.17, 15) is 19.5 Å². The van der Waals surface area contributed by atoms with Gasteiger partial charge in [-0.3, -0.25) is 14.9 Å². The van der Waals surface area contributed by atoms with Crippen molar-refractivity contribution in [1.82, 2.24) is 4.90 Å². The molecule has 0 heterocycles. The Morgan fingerprint density at radius 1 is 0.846 bits per heavy atom. The number of anilines is 1. The predicted molar refractivity (Wildman–Crippen MR) is 149 cm³/mol. The summed E-state index contributed by atoms with van der Waals surface area (Å²) in [6.07, 6.45) is -0.692. The third-order valence-corrected chi connectivity index (χ3v) is 6.82. The number of ether oxygens (including phenoxy) is 1. The second-order valence-corrected chi connectivity index (χ2v) is 9.54. The number of rotatable bonds is 8. The zero-order valence-electron chi connectivity index (χ0n) is 21.5. The molecule has 0 spiro atoms. The Kier molecular flexibility index (Phi) is 7.41. The molecule has 7 nitrogen and oxygen atoms in total. The van der Waals surface area contributed by atoms with Crippen molar-refractivity contribution in [2.45, 2.75) is 19.4 Å². The monoisotopic (exact) mass is 520 g/mol. The molecule has 0 aliphatic heterocycles. The molecule has 0 fully saturated rings. The number of nitrogens with one attached hydrogen (secondary N) is 1. The van der Waals surface area contributed by atoms with Gasteiger partial charge in [-0.2, -0.15) is 0 Å². The number of carboxylic acid groups (broad SMARTS) is 1. The topological polar surface area (TPSA) is 95.9 Å². The summed E-state index contributed by atoms with van der Waals surface area (Å²) in [5.41, 5.74) is 6.51. The third kappa shape index (κ3) is 5.67. The molecule has 39 heavy (non-hydrogen) atoms. The van der Waals surface area contributed by atoms with Crippen molar-refractivity contribution in [3.05, 3.63) is 125 Å². The van der Waals surface area contributed by atoms with E-state index in [-0.39, 0.29) is 30.3 Å². The van der Waals surface area contributed by atoms with E-state index in [0.717, 1.165) is 33.4 Å². The molecule has 1 aliphatic carbocycles. The van der Waals surface area contributed by atoms with Crippen molar-refractivity contribution in [3.8, 4) is 11.1 Å². The van der Waals surface area contributed by atoms with Gasteiger partial charge in [0.05, 0.1) is 11.3 Å². The molecule has 1 aliphatic rings. The predicted octanol–water partition coefficient (Wildman–Crippen LogP) is 6.08. The summed E-state index contributed by atoms with van der Waals surface area (Å²) < 4.78 is 5.66. The normalized spacial score (nSPS) is 11.8. The average molecular weight is 521 g/mol. The second-order valence-electron chi connectivity index (χ2n) is 9.54. The van der Waals surface area contributed by atoms with E-state index >= 15 is 0 Å². The van der Waals surface area contributed by atoms with Gasteiger partial charge in [-0.25, -0.2) is 4.79 Å². The highest BCUT2D eigenvalue weighted by atomic mass is 16.5. The van der Waals surface area contributed by atoms with Crippen LogP contribution in [0.25, 0.3) is 11.1 Å². The number of aryl methyl sites for hydroxylation is 1. The SMILES string of the molecule is Cc1ccc(NC(=O)OCC2c3ccccc3-c3ccccc32)c(C(=O)N(CC(=O)O)Cc2ccccc2)c1. The van der Waals surface area contributed by atoms with Gasteiger partial charge in [0.1, 0.15) is 13.2 Å². The van der Waals surface area contributed by atoms with Gasteiger partial charge < -0.3 is 14.7 Å². The number of hydrogen-bond donors (Lipinski definition) is 2. The fraction of sp³-hybridized carbons (Fsp3) is 0.156. The largest absolute Gasteiger partial charge is 0.480 e. The summed E-state index contributed by atoms with van der Waals surface area (Å²) in [6.45, 7) is 1.59. The molecule has 0 bridgehead atoms. The first-order chi connectivity index (χ1) is 18.9. The van der Waals surface area contributed by atoms with Gasteiger partial charge in [0.15, 0.2) is 0 Å². The van der Waals surface area contributed by atoms with Crippen LogP contribution < -0.4 is 5.32 Å². The minimum Gasteiger partial charge on any atom is -0.480 e. The van der Waals surface area contributed by atoms with E-state index in [4.69, 9.17) is 4.74 Å². The molecule has 196 valence electrons. The van der Waals surface area contributed by atoms with Gasteiger partial charge in [-0.15, -0.1) is 0 Å².